The second-order valence-electron chi connectivity index (χ2n) is 20.7. The molecule has 2 saturated heterocycles. The van der Waals surface area contributed by atoms with Crippen molar-refractivity contribution in [3.63, 3.8) is 0 Å². The Morgan fingerprint density at radius 3 is 2.27 bits per heavy atom. The molecule has 0 N–H and O–H groups in total. The number of hydrogen-bond acceptors (Lipinski definition) is 2. The van der Waals surface area contributed by atoms with Gasteiger partial charge in [0.1, 0.15) is 0 Å². The Balaban J connectivity index is 0.787. The lowest BCUT2D eigenvalue weighted by atomic mass is 9.68. The molecule has 56 heavy (non-hydrogen) atoms. The Morgan fingerprint density at radius 2 is 1.41 bits per heavy atom. The summed E-state index contributed by atoms with van der Waals surface area (Å²) in [5, 5.41) is 0. The SMILES string of the molecule is C1=CCC(C2=CCC(N3C4=CCC(C5=CC6C7CCCCC7N(C7CC=C(C8CCCC(C9CCCCC9)C8)CC7)C6C=C5)C=C4C4CCC=CC43)CC2)C=C1. The van der Waals surface area contributed by atoms with Crippen LogP contribution >= 0.6 is 0 Å². The Morgan fingerprint density at radius 1 is 0.571 bits per heavy atom. The monoisotopic (exact) mass is 749 g/mol. The van der Waals surface area contributed by atoms with Crippen molar-refractivity contribution in [3.8, 4) is 0 Å². The van der Waals surface area contributed by atoms with Gasteiger partial charge in [-0.2, -0.15) is 0 Å². The molecule has 12 unspecified atom stereocenters. The molecule has 2 aliphatic heterocycles. The van der Waals surface area contributed by atoms with E-state index in [1.165, 1.54) is 148 Å². The third-order valence-corrected chi connectivity index (χ3v) is 18.0. The predicted molar refractivity (Wildman–Crippen MR) is 234 cm³/mol. The second-order valence-corrected chi connectivity index (χ2v) is 20.7. The smallest absolute Gasteiger partial charge is 0.0545 e. The normalized spacial score (nSPS) is 42.5. The van der Waals surface area contributed by atoms with E-state index in [9.17, 15) is 0 Å². The zero-order chi connectivity index (χ0) is 37.0. The number of likely N-dealkylation sites (tertiary alicyclic amines) is 2. The number of hydrogen-bond donors (Lipinski definition) is 0. The first-order valence-electron chi connectivity index (χ1n) is 24.5. The molecule has 0 aromatic carbocycles. The van der Waals surface area contributed by atoms with Crippen LogP contribution in [0, 0.1) is 47.3 Å². The molecule has 0 spiro atoms. The van der Waals surface area contributed by atoms with Gasteiger partial charge < -0.3 is 4.90 Å². The lowest BCUT2D eigenvalue weighted by Crippen LogP contribution is -2.46. The van der Waals surface area contributed by atoms with Crippen LogP contribution in [0.4, 0.5) is 0 Å². The molecule has 2 heterocycles. The van der Waals surface area contributed by atoms with Gasteiger partial charge in [0.25, 0.3) is 0 Å². The molecule has 0 amide bonds. The van der Waals surface area contributed by atoms with Gasteiger partial charge in [0.05, 0.1) is 6.04 Å². The summed E-state index contributed by atoms with van der Waals surface area (Å²) in [6, 6.07) is 3.37. The Bertz CT molecular complexity index is 1750. The molecule has 0 aromatic heterocycles. The molecule has 11 rings (SSSR count). The van der Waals surface area contributed by atoms with Crippen LogP contribution in [0.15, 0.2) is 107 Å². The number of nitrogens with zero attached hydrogens (tertiary/aromatic N) is 2. The van der Waals surface area contributed by atoms with Crippen LogP contribution in [-0.2, 0) is 0 Å². The second kappa shape index (κ2) is 15.9. The lowest BCUT2D eigenvalue weighted by Gasteiger charge is -2.42. The summed E-state index contributed by atoms with van der Waals surface area (Å²) in [6.45, 7) is 0. The van der Waals surface area contributed by atoms with Crippen LogP contribution in [0.2, 0.25) is 0 Å². The Kier molecular flexibility index (Phi) is 10.3. The van der Waals surface area contributed by atoms with E-state index < -0.39 is 0 Å². The maximum Gasteiger partial charge on any atom is 0.0545 e. The van der Waals surface area contributed by atoms with E-state index in [2.05, 4.69) is 88.8 Å². The minimum atomic E-state index is 0.547. The maximum atomic E-state index is 3.13. The third kappa shape index (κ3) is 6.72. The van der Waals surface area contributed by atoms with Gasteiger partial charge in [-0.05, 0) is 125 Å². The van der Waals surface area contributed by atoms with Crippen molar-refractivity contribution in [2.24, 2.45) is 47.3 Å². The van der Waals surface area contributed by atoms with Crippen LogP contribution in [0.3, 0.4) is 0 Å². The highest BCUT2D eigenvalue weighted by molar-refractivity contribution is 5.48. The fourth-order valence-electron chi connectivity index (χ4n) is 15.3. The molecule has 12 atom stereocenters. The average Bonchev–Trinajstić information content (AvgIpc) is 3.79. The topological polar surface area (TPSA) is 6.48 Å². The van der Waals surface area contributed by atoms with Crippen molar-refractivity contribution in [1.29, 1.82) is 0 Å². The van der Waals surface area contributed by atoms with Crippen molar-refractivity contribution in [3.05, 3.63) is 107 Å². The van der Waals surface area contributed by atoms with Crippen LogP contribution < -0.4 is 0 Å². The number of fused-ring (bicyclic) bond motifs is 6. The number of rotatable bonds is 6. The quantitative estimate of drug-likeness (QED) is 0.250. The van der Waals surface area contributed by atoms with E-state index in [-0.39, 0.29) is 0 Å². The summed E-state index contributed by atoms with van der Waals surface area (Å²) < 4.78 is 0. The molecule has 0 bridgehead atoms. The molecule has 5 fully saturated rings. The highest BCUT2D eigenvalue weighted by Crippen LogP contribution is 2.53. The first-order valence-corrected chi connectivity index (χ1v) is 24.5. The van der Waals surface area contributed by atoms with Gasteiger partial charge in [-0.3, -0.25) is 4.90 Å². The predicted octanol–water partition coefficient (Wildman–Crippen LogP) is 13.3. The molecule has 0 radical (unpaired) electrons. The third-order valence-electron chi connectivity index (χ3n) is 18.0. The van der Waals surface area contributed by atoms with Gasteiger partial charge in [0.2, 0.25) is 0 Å². The summed E-state index contributed by atoms with van der Waals surface area (Å²) in [6.07, 6.45) is 65.8. The van der Waals surface area contributed by atoms with E-state index in [0.29, 0.717) is 41.8 Å². The average molecular weight is 749 g/mol. The Hall–Kier alpha value is -2.58. The summed E-state index contributed by atoms with van der Waals surface area (Å²) in [5.74, 6) is 6.42. The highest BCUT2D eigenvalue weighted by atomic mass is 15.3. The minimum absolute atomic E-state index is 0.547. The molecule has 0 aromatic rings. The van der Waals surface area contributed by atoms with E-state index in [4.69, 9.17) is 0 Å². The van der Waals surface area contributed by atoms with E-state index in [0.717, 1.165) is 35.8 Å². The summed E-state index contributed by atoms with van der Waals surface area (Å²) in [7, 11) is 0. The van der Waals surface area contributed by atoms with E-state index >= 15 is 0 Å². The fourth-order valence-corrected chi connectivity index (χ4v) is 15.3. The summed E-state index contributed by atoms with van der Waals surface area (Å²) >= 11 is 0. The van der Waals surface area contributed by atoms with Crippen molar-refractivity contribution < 1.29 is 0 Å². The highest BCUT2D eigenvalue weighted by Gasteiger charge is 2.51. The van der Waals surface area contributed by atoms with Crippen molar-refractivity contribution in [2.45, 2.75) is 178 Å². The van der Waals surface area contributed by atoms with Gasteiger partial charge in [0, 0.05) is 53.5 Å². The molecular formula is C54H72N2. The summed E-state index contributed by atoms with van der Waals surface area (Å²) in [5.41, 5.74) is 8.55. The Labute approximate surface area is 340 Å². The van der Waals surface area contributed by atoms with Crippen molar-refractivity contribution in [2.75, 3.05) is 0 Å². The summed E-state index contributed by atoms with van der Waals surface area (Å²) in [4.78, 5) is 6.05. The largest absolute Gasteiger partial charge is 0.361 e. The van der Waals surface area contributed by atoms with Gasteiger partial charge in [-0.1, -0.05) is 148 Å². The van der Waals surface area contributed by atoms with Crippen LogP contribution in [0.25, 0.3) is 0 Å². The standard InChI is InChI=1S/C54H72N2/c1-3-12-37(13-4-1)39-22-28-45(29-23-39)55-51-20-9-7-18-47(51)49-35-43(26-32-53(49)55)44-27-33-54-50(36-44)48-19-8-10-21-52(48)56(54)46-30-24-40(25-31-46)42-17-11-16-41(34-42)38-14-5-2-6-15-38/h1,3-4,9,12,20,22,24,27,32-33,35-38,41-43,45-48,50-52,54H,2,5-8,10-11,13-19,21,23,25-26,28-31,34H2. The molecule has 3 saturated carbocycles. The zero-order valence-electron chi connectivity index (χ0n) is 34.7. The minimum Gasteiger partial charge on any atom is -0.361 e. The van der Waals surface area contributed by atoms with E-state index in [1.807, 2.05) is 5.57 Å². The lowest BCUT2D eigenvalue weighted by molar-refractivity contribution is 0.102. The van der Waals surface area contributed by atoms with Crippen LogP contribution in [-0.4, -0.2) is 40.0 Å². The van der Waals surface area contributed by atoms with Crippen LogP contribution in [0.5, 0.6) is 0 Å². The molecule has 298 valence electrons. The molecule has 2 heteroatoms. The zero-order valence-corrected chi connectivity index (χ0v) is 34.7. The van der Waals surface area contributed by atoms with Crippen molar-refractivity contribution >= 4 is 0 Å². The first-order chi connectivity index (χ1) is 27.8. The molecular weight excluding hydrogens is 677 g/mol. The maximum absolute atomic E-state index is 3.13. The molecule has 11 aliphatic rings. The van der Waals surface area contributed by atoms with Gasteiger partial charge in [-0.25, -0.2) is 0 Å². The van der Waals surface area contributed by atoms with E-state index in [1.54, 1.807) is 22.4 Å². The van der Waals surface area contributed by atoms with Crippen molar-refractivity contribution in [1.82, 2.24) is 9.80 Å². The van der Waals surface area contributed by atoms with Gasteiger partial charge in [-0.15, -0.1) is 0 Å². The first kappa shape index (κ1) is 36.5. The fraction of sp³-hybridized carbons (Fsp3) is 0.667. The van der Waals surface area contributed by atoms with Gasteiger partial charge in [0.15, 0.2) is 0 Å². The van der Waals surface area contributed by atoms with Crippen LogP contribution in [0.1, 0.15) is 148 Å². The molecule has 2 nitrogen and oxygen atoms in total. The van der Waals surface area contributed by atoms with Gasteiger partial charge >= 0.3 is 0 Å². The molecule has 9 aliphatic carbocycles. The number of allylic oxidation sites excluding steroid dienone is 12.